The summed E-state index contributed by atoms with van der Waals surface area (Å²) in [5, 5.41) is 21.1. The van der Waals surface area contributed by atoms with E-state index >= 15 is 4.39 Å². The number of likely N-dealkylation sites (tertiary alicyclic amines) is 1. The summed E-state index contributed by atoms with van der Waals surface area (Å²) < 4.78 is 21.0. The number of halogens is 1. The van der Waals surface area contributed by atoms with Gasteiger partial charge in [0, 0.05) is 43.4 Å². The van der Waals surface area contributed by atoms with Crippen LogP contribution in [0.4, 0.5) is 10.1 Å². The van der Waals surface area contributed by atoms with Crippen molar-refractivity contribution < 1.29 is 38.2 Å². The lowest BCUT2D eigenvalue weighted by molar-refractivity contribution is -0.150. The second-order valence-corrected chi connectivity index (χ2v) is 19.4. The number of amides is 3. The fraction of sp³-hybridized carbons (Fsp3) is 0.702. The first kappa shape index (κ1) is 52.2. The van der Waals surface area contributed by atoms with Crippen molar-refractivity contribution in [3.63, 3.8) is 0 Å². The molecule has 0 radical (unpaired) electrons. The Morgan fingerprint density at radius 3 is 2.34 bits per heavy atom. The van der Waals surface area contributed by atoms with E-state index in [-0.39, 0.29) is 60.7 Å². The second kappa shape index (κ2) is 24.7. The highest BCUT2D eigenvalue weighted by atomic mass is 32.1. The molecule has 2 aromatic rings. The molecule has 1 aliphatic heterocycles. The first-order valence-electron chi connectivity index (χ1n) is 22.7. The highest BCUT2D eigenvalue weighted by Crippen LogP contribution is 2.33. The Morgan fingerprint density at radius 2 is 1.76 bits per heavy atom. The van der Waals surface area contributed by atoms with Crippen LogP contribution in [-0.4, -0.2) is 99.9 Å². The van der Waals surface area contributed by atoms with Crippen molar-refractivity contribution in [2.45, 2.75) is 176 Å². The average molecular weight is 887 g/mol. The van der Waals surface area contributed by atoms with Gasteiger partial charge in [-0.15, -0.1) is 11.3 Å². The Kier molecular flexibility index (Phi) is 20.8. The smallest absolute Gasteiger partial charge is 0.309 e. The van der Waals surface area contributed by atoms with Gasteiger partial charge < -0.3 is 30.7 Å². The first-order valence-corrected chi connectivity index (χ1v) is 23.6. The van der Waals surface area contributed by atoms with Crippen molar-refractivity contribution in [1.82, 2.24) is 25.4 Å². The number of carbonyl (C=O) groups is 5. The lowest BCUT2D eigenvalue weighted by Crippen LogP contribution is -2.59. The van der Waals surface area contributed by atoms with Crippen LogP contribution in [0, 0.1) is 23.1 Å². The standard InChI is InChI=1S/C47H75FN6O7S/c1-12-14-15-17-23-54(45(58)41(31(7)13-2)52-43(57)38-19-16-18-22-53(38)11)39(29(3)4)26-40(61-32(8)55)44-51-37(28-62-44)42(56)50-34(27-47(9,10)46(59)60)24-33-20-21-36(35(48)25-33)49-30(5)6/h20-21,25,28-31,34,38-41,49H,12-19,22-24,26-27H2,1-11H3,(H,50,56)(H,52,57)(H,59,60)/t31-,34+,38+,39+,40+,41-/m0/s1. The number of carboxylic acids is 1. The normalized spacial score (nSPS) is 17.2. The third kappa shape index (κ3) is 15.6. The van der Waals surface area contributed by atoms with Crippen molar-refractivity contribution in [2.75, 3.05) is 25.5 Å². The molecule has 1 aromatic heterocycles. The Bertz CT molecular complexity index is 1790. The molecule has 4 N–H and O–H groups in total. The molecule has 0 unspecified atom stereocenters. The number of hydrogen-bond donors (Lipinski definition) is 4. The molecule has 0 saturated carbocycles. The van der Waals surface area contributed by atoms with Gasteiger partial charge in [-0.2, -0.15) is 0 Å². The quantitative estimate of drug-likeness (QED) is 0.0561. The Hall–Kier alpha value is -4.11. The SMILES string of the molecule is CCCCCCN(C(=O)[C@@H](NC(=O)[C@H]1CCCCN1C)[C@@H](C)CC)[C@H](C[C@@H](OC(C)=O)c1nc(C(=O)N[C@H](Cc2ccc(NC(C)C)c(F)c2)CC(C)(C)C(=O)O)cs1)C(C)C. The fourth-order valence-corrected chi connectivity index (χ4v) is 8.96. The van der Waals surface area contributed by atoms with Gasteiger partial charge in [0.1, 0.15) is 22.6 Å². The molecule has 13 nitrogen and oxygen atoms in total. The fourth-order valence-electron chi connectivity index (χ4n) is 8.12. The lowest BCUT2D eigenvalue weighted by Gasteiger charge is -2.40. The van der Waals surface area contributed by atoms with Crippen LogP contribution < -0.4 is 16.0 Å². The minimum atomic E-state index is -1.21. The number of carbonyl (C=O) groups excluding carboxylic acids is 4. The van der Waals surface area contributed by atoms with Gasteiger partial charge >= 0.3 is 11.9 Å². The number of rotatable bonds is 25. The predicted molar refractivity (Wildman–Crippen MR) is 244 cm³/mol. The number of likely N-dealkylation sites (N-methyl/N-ethyl adjacent to an activating group) is 1. The number of esters is 1. The Balaban J connectivity index is 1.95. The molecular formula is C47H75FN6O7S. The van der Waals surface area contributed by atoms with E-state index in [2.05, 4.69) is 32.8 Å². The molecule has 0 aliphatic carbocycles. The maximum absolute atomic E-state index is 15.0. The number of ether oxygens (including phenoxy) is 1. The van der Waals surface area contributed by atoms with Crippen LogP contribution in [0.5, 0.6) is 0 Å². The third-order valence-corrected chi connectivity index (χ3v) is 12.9. The van der Waals surface area contributed by atoms with E-state index in [0.717, 1.165) is 62.8 Å². The number of anilines is 1. The van der Waals surface area contributed by atoms with Gasteiger partial charge in [0.2, 0.25) is 11.8 Å². The van der Waals surface area contributed by atoms with Crippen molar-refractivity contribution in [2.24, 2.45) is 17.3 Å². The molecule has 1 aliphatic rings. The van der Waals surface area contributed by atoms with E-state index < -0.39 is 53.3 Å². The molecule has 348 valence electrons. The number of aromatic nitrogens is 1. The number of aliphatic carboxylic acids is 1. The summed E-state index contributed by atoms with van der Waals surface area (Å²) in [5.41, 5.74) is -0.218. The van der Waals surface area contributed by atoms with Gasteiger partial charge in [-0.1, -0.05) is 72.8 Å². The zero-order valence-corrected chi connectivity index (χ0v) is 40.0. The number of benzene rings is 1. The van der Waals surface area contributed by atoms with Crippen LogP contribution in [0.1, 0.15) is 161 Å². The summed E-state index contributed by atoms with van der Waals surface area (Å²) in [6.07, 6.45) is 6.68. The minimum absolute atomic E-state index is 0.0186. The van der Waals surface area contributed by atoms with Gasteiger partial charge in [-0.05, 0) is 103 Å². The van der Waals surface area contributed by atoms with Gasteiger partial charge in [-0.25, -0.2) is 9.37 Å². The second-order valence-electron chi connectivity index (χ2n) is 18.6. The van der Waals surface area contributed by atoms with E-state index in [1.54, 1.807) is 31.4 Å². The first-order chi connectivity index (χ1) is 29.2. The molecule has 62 heavy (non-hydrogen) atoms. The van der Waals surface area contributed by atoms with Crippen molar-refractivity contribution >= 4 is 46.7 Å². The molecule has 1 fully saturated rings. The van der Waals surface area contributed by atoms with Crippen molar-refractivity contribution in [1.29, 1.82) is 0 Å². The number of piperidine rings is 1. The highest BCUT2D eigenvalue weighted by Gasteiger charge is 2.39. The van der Waals surface area contributed by atoms with Gasteiger partial charge in [0.25, 0.3) is 5.91 Å². The maximum Gasteiger partial charge on any atom is 0.309 e. The van der Waals surface area contributed by atoms with Crippen LogP contribution in [0.25, 0.3) is 0 Å². The molecule has 15 heteroatoms. The molecular weight excluding hydrogens is 812 g/mol. The van der Waals surface area contributed by atoms with Gasteiger partial charge in [0.15, 0.2) is 6.10 Å². The minimum Gasteiger partial charge on any atom is -0.481 e. The average Bonchev–Trinajstić information content (AvgIpc) is 3.70. The molecule has 2 heterocycles. The van der Waals surface area contributed by atoms with Crippen molar-refractivity contribution in [3.8, 4) is 0 Å². The van der Waals surface area contributed by atoms with E-state index in [0.29, 0.717) is 29.2 Å². The molecule has 1 saturated heterocycles. The largest absolute Gasteiger partial charge is 0.481 e. The van der Waals surface area contributed by atoms with Crippen LogP contribution >= 0.6 is 11.3 Å². The van der Waals surface area contributed by atoms with Gasteiger partial charge in [0.05, 0.1) is 17.1 Å². The van der Waals surface area contributed by atoms with Crippen LogP contribution in [0.3, 0.4) is 0 Å². The topological polar surface area (TPSA) is 170 Å². The maximum atomic E-state index is 15.0. The van der Waals surface area contributed by atoms with E-state index in [1.165, 1.54) is 13.0 Å². The molecule has 6 atom stereocenters. The van der Waals surface area contributed by atoms with E-state index in [1.807, 2.05) is 53.5 Å². The van der Waals surface area contributed by atoms with Crippen molar-refractivity contribution in [3.05, 3.63) is 45.7 Å². The third-order valence-electron chi connectivity index (χ3n) is 12.0. The number of thiazole rings is 1. The molecule has 0 bridgehead atoms. The number of hydrogen-bond acceptors (Lipinski definition) is 10. The number of nitrogens with zero attached hydrogens (tertiary/aromatic N) is 3. The lowest BCUT2D eigenvalue weighted by atomic mass is 9.84. The summed E-state index contributed by atoms with van der Waals surface area (Å²) in [5.74, 6) is -3.10. The number of nitrogens with one attached hydrogen (secondary N) is 3. The monoisotopic (exact) mass is 887 g/mol. The van der Waals surface area contributed by atoms with Crippen LogP contribution in [0.2, 0.25) is 0 Å². The molecule has 0 spiro atoms. The Labute approximate surface area is 373 Å². The zero-order valence-electron chi connectivity index (χ0n) is 39.1. The van der Waals surface area contributed by atoms with Gasteiger partial charge in [-0.3, -0.25) is 28.9 Å². The Morgan fingerprint density at radius 1 is 1.05 bits per heavy atom. The number of unbranched alkanes of at least 4 members (excludes halogenated alkanes) is 3. The predicted octanol–water partition coefficient (Wildman–Crippen LogP) is 8.39. The summed E-state index contributed by atoms with van der Waals surface area (Å²) in [6.45, 7) is 19.7. The van der Waals surface area contributed by atoms with Crippen LogP contribution in [0.15, 0.2) is 23.6 Å². The van der Waals surface area contributed by atoms with Crippen LogP contribution in [-0.2, 0) is 30.3 Å². The molecule has 3 amide bonds. The summed E-state index contributed by atoms with van der Waals surface area (Å²) >= 11 is 1.16. The summed E-state index contributed by atoms with van der Waals surface area (Å²) in [4.78, 5) is 76.0. The van der Waals surface area contributed by atoms with E-state index in [9.17, 15) is 29.1 Å². The summed E-state index contributed by atoms with van der Waals surface area (Å²) in [7, 11) is 1.95. The van der Waals surface area contributed by atoms with E-state index in [4.69, 9.17) is 4.74 Å². The highest BCUT2D eigenvalue weighted by molar-refractivity contribution is 7.09. The molecule has 1 aromatic carbocycles. The number of carboxylic acid groups (broad SMARTS) is 1. The summed E-state index contributed by atoms with van der Waals surface area (Å²) in [6, 6.07) is 2.64. The molecule has 3 rings (SSSR count). The zero-order chi connectivity index (χ0) is 46.3.